The van der Waals surface area contributed by atoms with Crippen LogP contribution in [-0.4, -0.2) is 29.8 Å². The summed E-state index contributed by atoms with van der Waals surface area (Å²) in [4.78, 5) is 10.8. The molecule has 1 aliphatic heterocycles. The molecule has 6 nitrogen and oxygen atoms in total. The molecule has 1 amide bonds. The predicted molar refractivity (Wildman–Crippen MR) is 44.8 cm³/mol. The van der Waals surface area contributed by atoms with E-state index < -0.39 is 29.8 Å². The van der Waals surface area contributed by atoms with Crippen molar-refractivity contribution in [3.05, 3.63) is 0 Å². The second-order valence-electron chi connectivity index (χ2n) is 2.67. The third-order valence-electron chi connectivity index (χ3n) is 1.70. The predicted octanol–water partition coefficient (Wildman–Crippen LogP) is -2.83. The van der Waals surface area contributed by atoms with E-state index in [1.807, 2.05) is 0 Å². The van der Waals surface area contributed by atoms with E-state index in [1.54, 1.807) is 0 Å². The molecular formula is C5H12ClN5O. The van der Waals surface area contributed by atoms with Crippen LogP contribution in [0.1, 0.15) is 0 Å². The standard InChI is InChI=1S/C5H12ClN5O/c6-2-4(8)11-3(7)1(10-2)5(9)12/h1-4,10-11H,7-8H2,(H2,9,12). The van der Waals surface area contributed by atoms with Gasteiger partial charge in [-0.05, 0) is 0 Å². The van der Waals surface area contributed by atoms with Gasteiger partial charge in [-0.25, -0.2) is 0 Å². The van der Waals surface area contributed by atoms with Gasteiger partial charge in [0, 0.05) is 0 Å². The average molecular weight is 194 g/mol. The van der Waals surface area contributed by atoms with Crippen LogP contribution in [0.25, 0.3) is 0 Å². The van der Waals surface area contributed by atoms with Gasteiger partial charge in [-0.3, -0.25) is 15.4 Å². The molecule has 0 saturated carbocycles. The summed E-state index contributed by atoms with van der Waals surface area (Å²) in [5, 5.41) is 5.41. The molecule has 12 heavy (non-hydrogen) atoms. The highest BCUT2D eigenvalue weighted by Crippen LogP contribution is 2.04. The Morgan fingerprint density at radius 3 is 2.33 bits per heavy atom. The Morgan fingerprint density at radius 2 is 1.83 bits per heavy atom. The first-order chi connectivity index (χ1) is 5.52. The fourth-order valence-electron chi connectivity index (χ4n) is 1.04. The quantitative estimate of drug-likeness (QED) is 0.227. The smallest absolute Gasteiger partial charge is 0.237 e. The Kier molecular flexibility index (Phi) is 2.86. The third-order valence-corrected chi connectivity index (χ3v) is 2.10. The molecule has 1 rings (SSSR count). The lowest BCUT2D eigenvalue weighted by atomic mass is 10.1. The van der Waals surface area contributed by atoms with E-state index in [-0.39, 0.29) is 0 Å². The minimum absolute atomic E-state index is 0.475. The van der Waals surface area contributed by atoms with E-state index >= 15 is 0 Å². The number of hydrogen-bond acceptors (Lipinski definition) is 5. The van der Waals surface area contributed by atoms with Crippen molar-refractivity contribution in [2.45, 2.75) is 23.9 Å². The van der Waals surface area contributed by atoms with Crippen molar-refractivity contribution in [1.29, 1.82) is 0 Å². The lowest BCUT2D eigenvalue weighted by Crippen LogP contribution is -2.72. The van der Waals surface area contributed by atoms with E-state index in [0.717, 1.165) is 0 Å². The van der Waals surface area contributed by atoms with Gasteiger partial charge in [0.05, 0.1) is 12.3 Å². The van der Waals surface area contributed by atoms with Gasteiger partial charge >= 0.3 is 0 Å². The van der Waals surface area contributed by atoms with Crippen molar-refractivity contribution in [3.8, 4) is 0 Å². The van der Waals surface area contributed by atoms with Crippen LogP contribution in [0.2, 0.25) is 0 Å². The average Bonchev–Trinajstić information content (AvgIpc) is 1.96. The summed E-state index contributed by atoms with van der Waals surface area (Å²) < 4.78 is 0. The molecule has 1 heterocycles. The Morgan fingerprint density at radius 1 is 1.25 bits per heavy atom. The van der Waals surface area contributed by atoms with Gasteiger partial charge in [0.1, 0.15) is 11.5 Å². The molecule has 0 bridgehead atoms. The summed E-state index contributed by atoms with van der Waals surface area (Å²) in [6.45, 7) is 0. The number of hydrogen-bond donors (Lipinski definition) is 5. The Balaban J connectivity index is 2.61. The lowest BCUT2D eigenvalue weighted by Gasteiger charge is -2.36. The molecule has 4 atom stereocenters. The Hall–Kier alpha value is -0.400. The molecule has 0 aliphatic carbocycles. The van der Waals surface area contributed by atoms with E-state index in [2.05, 4.69) is 10.6 Å². The molecule has 0 aromatic heterocycles. The molecular weight excluding hydrogens is 182 g/mol. The number of nitrogens with two attached hydrogens (primary N) is 3. The molecule has 0 spiro atoms. The number of amides is 1. The van der Waals surface area contributed by atoms with Crippen molar-refractivity contribution in [1.82, 2.24) is 10.6 Å². The number of nitrogens with one attached hydrogen (secondary N) is 2. The first kappa shape index (κ1) is 9.69. The topological polar surface area (TPSA) is 119 Å². The molecule has 70 valence electrons. The SMILES string of the molecule is NC(=O)C1NC(Cl)C(N)NC1N. The fraction of sp³-hybridized carbons (Fsp3) is 0.800. The minimum atomic E-state index is -0.674. The van der Waals surface area contributed by atoms with E-state index in [9.17, 15) is 4.79 Å². The van der Waals surface area contributed by atoms with Gasteiger partial charge in [0.15, 0.2) is 0 Å². The maximum atomic E-state index is 10.8. The molecule has 1 saturated heterocycles. The third kappa shape index (κ3) is 1.85. The normalized spacial score (nSPS) is 42.6. The highest BCUT2D eigenvalue weighted by molar-refractivity contribution is 6.21. The highest BCUT2D eigenvalue weighted by Gasteiger charge is 2.34. The maximum Gasteiger partial charge on any atom is 0.237 e. The van der Waals surface area contributed by atoms with E-state index in [0.29, 0.717) is 0 Å². The van der Waals surface area contributed by atoms with Crippen LogP contribution < -0.4 is 27.8 Å². The van der Waals surface area contributed by atoms with Crippen molar-refractivity contribution in [3.63, 3.8) is 0 Å². The first-order valence-corrected chi connectivity index (χ1v) is 3.92. The number of carbonyl (C=O) groups is 1. The summed E-state index contributed by atoms with van der Waals surface area (Å²) in [5.41, 5.74) is 15.5. The first-order valence-electron chi connectivity index (χ1n) is 3.49. The van der Waals surface area contributed by atoms with Crippen molar-refractivity contribution >= 4 is 17.5 Å². The van der Waals surface area contributed by atoms with Crippen LogP contribution in [0.15, 0.2) is 0 Å². The number of carbonyl (C=O) groups excluding carboxylic acids is 1. The largest absolute Gasteiger partial charge is 0.368 e. The summed E-state index contributed by atoms with van der Waals surface area (Å²) in [6, 6.07) is -0.674. The summed E-state index contributed by atoms with van der Waals surface area (Å²) in [7, 11) is 0. The molecule has 0 aromatic carbocycles. The van der Waals surface area contributed by atoms with E-state index in [1.165, 1.54) is 0 Å². The van der Waals surface area contributed by atoms with Crippen LogP contribution in [0.5, 0.6) is 0 Å². The Bertz CT molecular complexity index is 189. The zero-order valence-electron chi connectivity index (χ0n) is 6.33. The van der Waals surface area contributed by atoms with Gasteiger partial charge in [0.25, 0.3) is 0 Å². The molecule has 8 N–H and O–H groups in total. The van der Waals surface area contributed by atoms with Gasteiger partial charge in [-0.2, -0.15) is 0 Å². The zero-order valence-corrected chi connectivity index (χ0v) is 7.08. The minimum Gasteiger partial charge on any atom is -0.368 e. The van der Waals surface area contributed by atoms with Crippen LogP contribution in [-0.2, 0) is 4.79 Å². The number of halogens is 1. The monoisotopic (exact) mass is 193 g/mol. The van der Waals surface area contributed by atoms with Crippen LogP contribution in [0, 0.1) is 0 Å². The number of piperazine rings is 1. The van der Waals surface area contributed by atoms with Gasteiger partial charge in [-0.15, -0.1) is 11.6 Å². The molecule has 1 fully saturated rings. The second kappa shape index (κ2) is 3.55. The van der Waals surface area contributed by atoms with E-state index in [4.69, 9.17) is 28.8 Å². The summed E-state index contributed by atoms with van der Waals surface area (Å²) in [6.07, 6.45) is -1.07. The van der Waals surface area contributed by atoms with Crippen LogP contribution in [0.3, 0.4) is 0 Å². The van der Waals surface area contributed by atoms with Crippen LogP contribution >= 0.6 is 11.6 Å². The van der Waals surface area contributed by atoms with Crippen molar-refractivity contribution < 1.29 is 4.79 Å². The molecule has 4 unspecified atom stereocenters. The second-order valence-corrected chi connectivity index (χ2v) is 3.14. The maximum absolute atomic E-state index is 10.8. The van der Waals surface area contributed by atoms with Gasteiger partial charge in [0.2, 0.25) is 5.91 Å². The van der Waals surface area contributed by atoms with Gasteiger partial charge < -0.3 is 17.2 Å². The molecule has 0 aromatic rings. The molecule has 7 heteroatoms. The van der Waals surface area contributed by atoms with Crippen molar-refractivity contribution in [2.24, 2.45) is 17.2 Å². The fourth-order valence-corrected chi connectivity index (χ4v) is 1.25. The lowest BCUT2D eigenvalue weighted by molar-refractivity contribution is -0.121. The van der Waals surface area contributed by atoms with Crippen LogP contribution in [0.4, 0.5) is 0 Å². The molecule has 0 radical (unpaired) electrons. The van der Waals surface area contributed by atoms with Gasteiger partial charge in [-0.1, -0.05) is 0 Å². The highest BCUT2D eigenvalue weighted by atomic mass is 35.5. The number of alkyl halides is 1. The summed E-state index contributed by atoms with van der Waals surface area (Å²) in [5.74, 6) is -0.549. The molecule has 1 aliphatic rings. The number of rotatable bonds is 1. The Labute approximate surface area is 74.8 Å². The van der Waals surface area contributed by atoms with Crippen molar-refractivity contribution in [2.75, 3.05) is 0 Å². The summed E-state index contributed by atoms with van der Waals surface area (Å²) >= 11 is 5.71. The zero-order chi connectivity index (χ0) is 9.30. The number of primary amides is 1.